The number of anilines is 1. The van der Waals surface area contributed by atoms with Gasteiger partial charge in [0.25, 0.3) is 5.69 Å². The molecule has 0 radical (unpaired) electrons. The number of hydrogen-bond donors (Lipinski definition) is 1. The predicted molar refractivity (Wildman–Crippen MR) is 92.5 cm³/mol. The molecule has 0 saturated heterocycles. The fourth-order valence-corrected chi connectivity index (χ4v) is 2.64. The van der Waals surface area contributed by atoms with Gasteiger partial charge in [0, 0.05) is 13.1 Å². The molecule has 0 heterocycles. The Hall–Kier alpha value is -2.61. The summed E-state index contributed by atoms with van der Waals surface area (Å²) in [6, 6.07) is 9.43. The van der Waals surface area contributed by atoms with Crippen molar-refractivity contribution in [2.24, 2.45) is 0 Å². The van der Waals surface area contributed by atoms with Crippen LogP contribution >= 0.6 is 15.9 Å². The molecule has 0 aliphatic rings. The monoisotopic (exact) mass is 394 g/mol. The molecule has 0 aliphatic carbocycles. The highest BCUT2D eigenvalue weighted by Gasteiger charge is 2.17. The molecule has 0 unspecified atom stereocenters. The molecule has 2 aromatic carbocycles. The van der Waals surface area contributed by atoms with Crippen LogP contribution in [0, 0.1) is 10.1 Å². The molecule has 0 aromatic heterocycles. The summed E-state index contributed by atoms with van der Waals surface area (Å²) in [5.74, 6) is 0.0380. The summed E-state index contributed by atoms with van der Waals surface area (Å²) in [7, 11) is 3.13. The maximum atomic E-state index is 12.1. The van der Waals surface area contributed by atoms with E-state index < -0.39 is 10.9 Å². The molecule has 0 bridgehead atoms. The second kappa shape index (κ2) is 7.78. The van der Waals surface area contributed by atoms with E-state index in [1.807, 2.05) is 0 Å². The second-order valence-electron chi connectivity index (χ2n) is 4.78. The Morgan fingerprint density at radius 3 is 2.62 bits per heavy atom. The number of nitrogens with zero attached hydrogens (tertiary/aromatic N) is 1. The van der Waals surface area contributed by atoms with Crippen molar-refractivity contribution in [1.82, 2.24) is 0 Å². The summed E-state index contributed by atoms with van der Waals surface area (Å²) < 4.78 is 11.1. The first-order valence-corrected chi connectivity index (χ1v) is 7.71. The third kappa shape index (κ3) is 4.02. The summed E-state index contributed by atoms with van der Waals surface area (Å²) in [5.41, 5.74) is 1.03. The van der Waals surface area contributed by atoms with Crippen molar-refractivity contribution in [1.29, 1.82) is 0 Å². The fraction of sp³-hybridized carbons (Fsp3) is 0.188. The Morgan fingerprint density at radius 2 is 2.04 bits per heavy atom. The molecule has 0 amide bonds. The zero-order chi connectivity index (χ0) is 17.7. The number of methoxy groups -OCH3 is 1. The minimum atomic E-state index is -0.632. The molecule has 7 nitrogen and oxygen atoms in total. The van der Waals surface area contributed by atoms with Crippen LogP contribution in [-0.2, 0) is 11.3 Å². The van der Waals surface area contributed by atoms with Gasteiger partial charge in [0.2, 0.25) is 0 Å². The van der Waals surface area contributed by atoms with Crippen molar-refractivity contribution in [2.45, 2.75) is 6.61 Å². The van der Waals surface area contributed by atoms with Gasteiger partial charge in [0.1, 0.15) is 18.0 Å². The molecule has 126 valence electrons. The van der Waals surface area contributed by atoms with Gasteiger partial charge in [-0.3, -0.25) is 10.1 Å². The molecule has 8 heteroatoms. The highest BCUT2D eigenvalue weighted by atomic mass is 79.9. The van der Waals surface area contributed by atoms with E-state index in [0.717, 1.165) is 10.0 Å². The number of nitro benzene ring substituents is 1. The number of nitro groups is 1. The first-order valence-electron chi connectivity index (χ1n) is 6.92. The summed E-state index contributed by atoms with van der Waals surface area (Å²) in [4.78, 5) is 22.6. The molecule has 1 N–H and O–H groups in total. The molecule has 0 fully saturated rings. The van der Waals surface area contributed by atoms with Crippen molar-refractivity contribution in [3.8, 4) is 5.75 Å². The molecule has 0 spiro atoms. The van der Waals surface area contributed by atoms with E-state index >= 15 is 0 Å². The molecule has 24 heavy (non-hydrogen) atoms. The Bertz CT molecular complexity index is 779. The van der Waals surface area contributed by atoms with Crippen molar-refractivity contribution in [3.63, 3.8) is 0 Å². The van der Waals surface area contributed by atoms with E-state index in [2.05, 4.69) is 21.2 Å². The average Bonchev–Trinajstić information content (AvgIpc) is 2.59. The van der Waals surface area contributed by atoms with Gasteiger partial charge in [0.15, 0.2) is 0 Å². The van der Waals surface area contributed by atoms with Crippen molar-refractivity contribution in [3.05, 3.63) is 62.1 Å². The lowest BCUT2D eigenvalue weighted by Crippen LogP contribution is -2.07. The van der Waals surface area contributed by atoms with Crippen molar-refractivity contribution < 1.29 is 19.2 Å². The molecule has 0 saturated carbocycles. The Kier molecular flexibility index (Phi) is 5.75. The minimum Gasteiger partial charge on any atom is -0.496 e. The average molecular weight is 395 g/mol. The Morgan fingerprint density at radius 1 is 1.29 bits per heavy atom. The minimum absolute atomic E-state index is 0.0446. The van der Waals surface area contributed by atoms with Crippen LogP contribution in [0.25, 0.3) is 0 Å². The van der Waals surface area contributed by atoms with Gasteiger partial charge >= 0.3 is 5.97 Å². The molecule has 2 aromatic rings. The molecule has 2 rings (SSSR count). The number of benzene rings is 2. The van der Waals surface area contributed by atoms with Crippen molar-refractivity contribution >= 4 is 33.3 Å². The third-order valence-corrected chi connectivity index (χ3v) is 3.91. The SMILES string of the molecule is CNc1ccc(C(=O)OCc2ccc(OC)c(Br)c2)cc1[N+](=O)[O-]. The first kappa shape index (κ1) is 17.7. The quantitative estimate of drug-likeness (QED) is 0.455. The topological polar surface area (TPSA) is 90.7 Å². The number of ether oxygens (including phenoxy) is 2. The predicted octanol–water partition coefficient (Wildman–Crippen LogP) is 3.76. The molecule has 0 atom stereocenters. The summed E-state index contributed by atoms with van der Waals surface area (Å²) in [5, 5.41) is 13.7. The lowest BCUT2D eigenvalue weighted by molar-refractivity contribution is -0.384. The van der Waals surface area contributed by atoms with Crippen LogP contribution in [0.5, 0.6) is 5.75 Å². The van der Waals surface area contributed by atoms with E-state index in [1.54, 1.807) is 32.4 Å². The third-order valence-electron chi connectivity index (χ3n) is 3.29. The zero-order valence-electron chi connectivity index (χ0n) is 13.0. The standard InChI is InChI=1S/C16H15BrN2O5/c1-18-13-5-4-11(8-14(13)19(21)22)16(20)24-9-10-3-6-15(23-2)12(17)7-10/h3-8,18H,9H2,1-2H3. The van der Waals surface area contributed by atoms with Crippen LogP contribution in [0.3, 0.4) is 0 Å². The normalized spacial score (nSPS) is 10.1. The molecule has 0 aliphatic heterocycles. The van der Waals surface area contributed by atoms with Crippen LogP contribution in [0.15, 0.2) is 40.9 Å². The van der Waals surface area contributed by atoms with Crippen LogP contribution in [0.1, 0.15) is 15.9 Å². The van der Waals surface area contributed by atoms with E-state index in [4.69, 9.17) is 9.47 Å². The Labute approximate surface area is 146 Å². The van der Waals surface area contributed by atoms with Crippen LogP contribution in [0.2, 0.25) is 0 Å². The van der Waals surface area contributed by atoms with Gasteiger partial charge in [-0.25, -0.2) is 4.79 Å². The number of halogens is 1. The van der Waals surface area contributed by atoms with Crippen LogP contribution < -0.4 is 10.1 Å². The first-order chi connectivity index (χ1) is 11.5. The Balaban J connectivity index is 2.11. The summed E-state index contributed by atoms with van der Waals surface area (Å²) >= 11 is 3.35. The summed E-state index contributed by atoms with van der Waals surface area (Å²) in [6.45, 7) is 0.0446. The van der Waals surface area contributed by atoms with Crippen LogP contribution in [-0.4, -0.2) is 25.1 Å². The maximum Gasteiger partial charge on any atom is 0.338 e. The summed E-state index contributed by atoms with van der Waals surface area (Å²) in [6.07, 6.45) is 0. The highest BCUT2D eigenvalue weighted by molar-refractivity contribution is 9.10. The number of rotatable bonds is 6. The number of esters is 1. The number of hydrogen-bond acceptors (Lipinski definition) is 6. The number of nitrogens with one attached hydrogen (secondary N) is 1. The van der Waals surface area contributed by atoms with E-state index in [1.165, 1.54) is 18.2 Å². The van der Waals surface area contributed by atoms with Gasteiger partial charge in [0.05, 0.1) is 22.1 Å². The smallest absolute Gasteiger partial charge is 0.338 e. The van der Waals surface area contributed by atoms with Gasteiger partial charge in [-0.1, -0.05) is 6.07 Å². The largest absolute Gasteiger partial charge is 0.496 e. The fourth-order valence-electron chi connectivity index (χ4n) is 2.05. The molecular weight excluding hydrogens is 380 g/mol. The van der Waals surface area contributed by atoms with E-state index in [9.17, 15) is 14.9 Å². The second-order valence-corrected chi connectivity index (χ2v) is 5.64. The lowest BCUT2D eigenvalue weighted by atomic mass is 10.1. The van der Waals surface area contributed by atoms with Crippen molar-refractivity contribution in [2.75, 3.05) is 19.5 Å². The number of carbonyl (C=O) groups excluding carboxylic acids is 1. The maximum absolute atomic E-state index is 12.1. The zero-order valence-corrected chi connectivity index (χ0v) is 14.6. The van der Waals surface area contributed by atoms with Crippen LogP contribution in [0.4, 0.5) is 11.4 Å². The van der Waals surface area contributed by atoms with Gasteiger partial charge < -0.3 is 14.8 Å². The van der Waals surface area contributed by atoms with E-state index in [-0.39, 0.29) is 17.9 Å². The van der Waals surface area contributed by atoms with Gasteiger partial charge in [-0.15, -0.1) is 0 Å². The number of carbonyl (C=O) groups is 1. The molecular formula is C16H15BrN2O5. The van der Waals surface area contributed by atoms with Gasteiger partial charge in [-0.2, -0.15) is 0 Å². The lowest BCUT2D eigenvalue weighted by Gasteiger charge is -2.08. The van der Waals surface area contributed by atoms with Gasteiger partial charge in [-0.05, 0) is 45.8 Å². The van der Waals surface area contributed by atoms with E-state index in [0.29, 0.717) is 11.4 Å². The highest BCUT2D eigenvalue weighted by Crippen LogP contribution is 2.27.